The molecule has 0 aliphatic carbocycles. The van der Waals surface area contributed by atoms with Gasteiger partial charge in [-0.25, -0.2) is 0 Å². The summed E-state index contributed by atoms with van der Waals surface area (Å²) in [7, 11) is 0. The first-order valence-electron chi connectivity index (χ1n) is 8.20. The van der Waals surface area contributed by atoms with Gasteiger partial charge in [0.05, 0.1) is 6.21 Å². The molecule has 128 valence electrons. The van der Waals surface area contributed by atoms with Gasteiger partial charge < -0.3 is 4.55 Å². The highest BCUT2D eigenvalue weighted by atomic mass is 32.2. The highest BCUT2D eigenvalue weighted by Gasteiger charge is 2.25. The smallest absolute Gasteiger partial charge is 0.144 e. The predicted molar refractivity (Wildman–Crippen MR) is 103 cm³/mol. The molecule has 0 heterocycles. The number of hydrogen-bond acceptors (Lipinski definition) is 3. The monoisotopic (exact) mass is 342 g/mol. The summed E-state index contributed by atoms with van der Waals surface area (Å²) in [6.07, 6.45) is 1.78. The van der Waals surface area contributed by atoms with E-state index in [2.05, 4.69) is 57.8 Å². The van der Waals surface area contributed by atoms with Gasteiger partial charge in [0.15, 0.2) is 0 Å². The van der Waals surface area contributed by atoms with Crippen LogP contribution in [0.5, 0.6) is 0 Å². The molecular formula is C20H26N2OS. The van der Waals surface area contributed by atoms with Crippen molar-refractivity contribution in [2.75, 3.05) is 6.54 Å². The topological polar surface area (TPSA) is 38.7 Å². The van der Waals surface area contributed by atoms with E-state index in [0.29, 0.717) is 6.54 Å². The summed E-state index contributed by atoms with van der Waals surface area (Å²) in [5.74, 6) is 0. The third kappa shape index (κ3) is 6.48. The maximum atomic E-state index is 12.1. The first kappa shape index (κ1) is 18.7. The van der Waals surface area contributed by atoms with Gasteiger partial charge in [-0.05, 0) is 31.9 Å². The Balaban J connectivity index is 2.03. The molecule has 1 atom stereocenters. The minimum Gasteiger partial charge on any atom is -0.591 e. The van der Waals surface area contributed by atoms with E-state index in [4.69, 9.17) is 0 Å². The predicted octanol–water partition coefficient (Wildman–Crippen LogP) is 4.22. The Morgan fingerprint density at radius 3 is 1.79 bits per heavy atom. The van der Waals surface area contributed by atoms with Crippen LogP contribution < -0.4 is 0 Å². The average molecular weight is 343 g/mol. The van der Waals surface area contributed by atoms with Crippen LogP contribution in [0.2, 0.25) is 0 Å². The van der Waals surface area contributed by atoms with Gasteiger partial charge in [-0.2, -0.15) is 0 Å². The van der Waals surface area contributed by atoms with Crippen molar-refractivity contribution >= 4 is 17.6 Å². The molecule has 3 nitrogen and oxygen atoms in total. The van der Waals surface area contributed by atoms with Crippen molar-refractivity contribution in [1.29, 1.82) is 0 Å². The van der Waals surface area contributed by atoms with Crippen LogP contribution in [0.3, 0.4) is 0 Å². The van der Waals surface area contributed by atoms with Gasteiger partial charge >= 0.3 is 0 Å². The zero-order valence-electron chi connectivity index (χ0n) is 14.7. The fourth-order valence-corrected chi connectivity index (χ4v) is 2.76. The summed E-state index contributed by atoms with van der Waals surface area (Å²) < 4.78 is 16.0. The van der Waals surface area contributed by atoms with Crippen molar-refractivity contribution in [2.45, 2.75) is 38.6 Å². The van der Waals surface area contributed by atoms with Crippen molar-refractivity contribution < 1.29 is 4.55 Å². The van der Waals surface area contributed by atoms with Crippen LogP contribution in [0.15, 0.2) is 65.1 Å². The Bertz CT molecular complexity index is 582. The molecule has 0 aliphatic heterocycles. The highest BCUT2D eigenvalue weighted by Crippen LogP contribution is 2.16. The van der Waals surface area contributed by atoms with Gasteiger partial charge in [0.2, 0.25) is 0 Å². The lowest BCUT2D eigenvalue weighted by atomic mass is 10.1. The lowest BCUT2D eigenvalue weighted by Crippen LogP contribution is -2.28. The van der Waals surface area contributed by atoms with E-state index in [1.165, 1.54) is 11.1 Å². The molecule has 2 rings (SSSR count). The molecule has 0 saturated heterocycles. The second-order valence-corrected chi connectivity index (χ2v) is 8.72. The summed E-state index contributed by atoms with van der Waals surface area (Å²) in [5, 5.41) is 0. The first-order chi connectivity index (χ1) is 11.4. The van der Waals surface area contributed by atoms with Crippen molar-refractivity contribution in [3.8, 4) is 0 Å². The molecule has 2 aromatic rings. The maximum Gasteiger partial charge on any atom is 0.144 e. The van der Waals surface area contributed by atoms with Crippen LogP contribution in [0.4, 0.5) is 0 Å². The molecule has 0 fully saturated rings. The molecular weight excluding hydrogens is 316 g/mol. The summed E-state index contributed by atoms with van der Waals surface area (Å²) in [5.41, 5.74) is 2.53. The average Bonchev–Trinajstić information content (AvgIpc) is 2.55. The second-order valence-electron chi connectivity index (χ2n) is 6.79. The third-order valence-corrected chi connectivity index (χ3v) is 4.92. The number of rotatable bonds is 7. The maximum absolute atomic E-state index is 12.1. The van der Waals surface area contributed by atoms with E-state index < -0.39 is 11.4 Å². The number of hydrogen-bond donors (Lipinski definition) is 0. The Morgan fingerprint density at radius 1 is 0.917 bits per heavy atom. The molecule has 4 heteroatoms. The van der Waals surface area contributed by atoms with E-state index in [9.17, 15) is 4.55 Å². The van der Waals surface area contributed by atoms with Crippen LogP contribution in [0.1, 0.15) is 31.9 Å². The normalized spacial score (nSPS) is 13.5. The lowest BCUT2D eigenvalue weighted by Gasteiger charge is -2.21. The SMILES string of the molecule is CC(C)(C)[S+]([O-])N=CCN(Cc1ccccc1)Cc1ccccc1. The van der Waals surface area contributed by atoms with Crippen molar-refractivity contribution in [3.63, 3.8) is 0 Å². The van der Waals surface area contributed by atoms with Crippen molar-refractivity contribution in [3.05, 3.63) is 71.8 Å². The molecule has 2 aromatic carbocycles. The number of benzene rings is 2. The Hall–Kier alpha value is -1.62. The summed E-state index contributed by atoms with van der Waals surface area (Å²) in [4.78, 5) is 2.30. The minimum atomic E-state index is -1.20. The summed E-state index contributed by atoms with van der Waals surface area (Å²) in [6, 6.07) is 20.8. The van der Waals surface area contributed by atoms with Crippen LogP contribution in [-0.4, -0.2) is 27.0 Å². The van der Waals surface area contributed by atoms with E-state index in [1.54, 1.807) is 6.21 Å². The molecule has 0 radical (unpaired) electrons. The summed E-state index contributed by atoms with van der Waals surface area (Å²) >= 11 is -1.20. The van der Waals surface area contributed by atoms with E-state index >= 15 is 0 Å². The Kier molecular flexibility index (Phi) is 7.03. The van der Waals surface area contributed by atoms with Crippen molar-refractivity contribution in [1.82, 2.24) is 4.90 Å². The zero-order chi connectivity index (χ0) is 17.4. The fraction of sp³-hybridized carbons (Fsp3) is 0.350. The molecule has 0 N–H and O–H groups in total. The van der Waals surface area contributed by atoms with Gasteiger partial charge in [0.1, 0.15) is 16.1 Å². The van der Waals surface area contributed by atoms with Gasteiger partial charge in [-0.1, -0.05) is 65.1 Å². The zero-order valence-corrected chi connectivity index (χ0v) is 15.5. The molecule has 0 saturated carbocycles. The molecule has 0 aliphatic rings. The van der Waals surface area contributed by atoms with Gasteiger partial charge in [-0.3, -0.25) is 4.90 Å². The van der Waals surface area contributed by atoms with Crippen LogP contribution >= 0.6 is 0 Å². The molecule has 0 spiro atoms. The van der Waals surface area contributed by atoms with Gasteiger partial charge in [-0.15, -0.1) is 0 Å². The third-order valence-electron chi connectivity index (χ3n) is 3.53. The standard InChI is InChI=1S/C20H26N2OS/c1-20(2,3)24(23)21-14-15-22(16-18-10-6-4-7-11-18)17-19-12-8-5-9-13-19/h4-14H,15-17H2,1-3H3. The molecule has 0 amide bonds. The van der Waals surface area contributed by atoms with E-state index in [0.717, 1.165) is 13.1 Å². The molecule has 0 bridgehead atoms. The molecule has 24 heavy (non-hydrogen) atoms. The van der Waals surface area contributed by atoms with Crippen LogP contribution in [0.25, 0.3) is 0 Å². The van der Waals surface area contributed by atoms with Crippen LogP contribution in [-0.2, 0) is 24.5 Å². The van der Waals surface area contributed by atoms with Crippen LogP contribution in [0, 0.1) is 0 Å². The quantitative estimate of drug-likeness (QED) is 0.558. The fourth-order valence-electron chi connectivity index (χ4n) is 2.24. The van der Waals surface area contributed by atoms with Gasteiger partial charge in [0.25, 0.3) is 0 Å². The largest absolute Gasteiger partial charge is 0.591 e. The summed E-state index contributed by atoms with van der Waals surface area (Å²) in [6.45, 7) is 8.16. The Labute approximate surface area is 148 Å². The minimum absolute atomic E-state index is 0.319. The first-order valence-corrected chi connectivity index (χ1v) is 9.30. The van der Waals surface area contributed by atoms with E-state index in [-0.39, 0.29) is 4.75 Å². The highest BCUT2D eigenvalue weighted by molar-refractivity contribution is 7.91. The second kappa shape index (κ2) is 9.02. The van der Waals surface area contributed by atoms with Gasteiger partial charge in [0, 0.05) is 19.6 Å². The van der Waals surface area contributed by atoms with E-state index in [1.807, 2.05) is 32.9 Å². The Morgan fingerprint density at radius 2 is 1.38 bits per heavy atom. The molecule has 0 aromatic heterocycles. The lowest BCUT2D eigenvalue weighted by molar-refractivity contribution is 0.297. The number of nitrogens with zero attached hydrogens (tertiary/aromatic N) is 2. The van der Waals surface area contributed by atoms with Crippen molar-refractivity contribution in [2.24, 2.45) is 4.40 Å². The molecule has 1 unspecified atom stereocenters.